The number of carboxylic acids is 1. The second kappa shape index (κ2) is 5.14. The third kappa shape index (κ3) is 2.93. The largest absolute Gasteiger partial charge is 0.478 e. The lowest BCUT2D eigenvalue weighted by Gasteiger charge is -2.04. The van der Waals surface area contributed by atoms with E-state index < -0.39 is 5.97 Å². The van der Waals surface area contributed by atoms with E-state index in [0.29, 0.717) is 11.6 Å². The summed E-state index contributed by atoms with van der Waals surface area (Å²) in [7, 11) is 0. The van der Waals surface area contributed by atoms with Crippen molar-refractivity contribution < 1.29 is 9.90 Å². The van der Waals surface area contributed by atoms with Crippen LogP contribution >= 0.6 is 0 Å². The van der Waals surface area contributed by atoms with Crippen molar-refractivity contribution in [2.45, 2.75) is 20.3 Å². The Labute approximate surface area is 110 Å². The van der Waals surface area contributed by atoms with Gasteiger partial charge in [-0.15, -0.1) is 0 Å². The highest BCUT2D eigenvalue weighted by Gasteiger charge is 2.08. The van der Waals surface area contributed by atoms with Crippen LogP contribution < -0.4 is 5.56 Å². The van der Waals surface area contributed by atoms with Crippen molar-refractivity contribution in [1.82, 2.24) is 9.78 Å². The highest BCUT2D eigenvalue weighted by molar-refractivity contribution is 5.87. The van der Waals surface area contributed by atoms with Crippen LogP contribution in [0.25, 0.3) is 5.69 Å². The van der Waals surface area contributed by atoms with Crippen molar-refractivity contribution in [3.63, 3.8) is 0 Å². The molecule has 0 amide bonds. The minimum Gasteiger partial charge on any atom is -0.478 e. The van der Waals surface area contributed by atoms with Gasteiger partial charge in [-0.2, -0.15) is 0 Å². The predicted octanol–water partition coefficient (Wildman–Crippen LogP) is 2.06. The quantitative estimate of drug-likeness (QED) is 0.883. The fourth-order valence-electron chi connectivity index (χ4n) is 1.93. The summed E-state index contributed by atoms with van der Waals surface area (Å²) in [6.07, 6.45) is 0.801. The number of nitrogens with one attached hydrogen (secondary N) is 1. The molecule has 0 radical (unpaired) electrons. The molecule has 0 unspecified atom stereocenters. The molecule has 0 aliphatic rings. The molecular formula is C14H16N2O3. The molecule has 0 saturated carbocycles. The van der Waals surface area contributed by atoms with Gasteiger partial charge in [-0.05, 0) is 36.6 Å². The monoisotopic (exact) mass is 260 g/mol. The summed E-state index contributed by atoms with van der Waals surface area (Å²) in [4.78, 5) is 22.6. The summed E-state index contributed by atoms with van der Waals surface area (Å²) < 4.78 is 1.42. The van der Waals surface area contributed by atoms with Crippen LogP contribution in [-0.2, 0) is 6.42 Å². The van der Waals surface area contributed by atoms with E-state index in [-0.39, 0.29) is 11.1 Å². The van der Waals surface area contributed by atoms with Crippen molar-refractivity contribution in [3.8, 4) is 5.69 Å². The first-order valence-electron chi connectivity index (χ1n) is 6.12. The number of H-pyrrole nitrogens is 1. The summed E-state index contributed by atoms with van der Waals surface area (Å²) >= 11 is 0. The van der Waals surface area contributed by atoms with E-state index in [9.17, 15) is 9.59 Å². The molecule has 1 aromatic heterocycles. The van der Waals surface area contributed by atoms with E-state index in [4.69, 9.17) is 5.11 Å². The van der Waals surface area contributed by atoms with Gasteiger partial charge in [0, 0.05) is 11.8 Å². The maximum atomic E-state index is 11.9. The van der Waals surface area contributed by atoms with Crippen LogP contribution in [0.1, 0.15) is 29.9 Å². The normalized spacial score (nSPS) is 10.9. The van der Waals surface area contributed by atoms with Crippen LogP contribution in [0.3, 0.4) is 0 Å². The van der Waals surface area contributed by atoms with E-state index >= 15 is 0 Å². The van der Waals surface area contributed by atoms with E-state index in [0.717, 1.165) is 12.1 Å². The van der Waals surface area contributed by atoms with Crippen molar-refractivity contribution in [1.29, 1.82) is 0 Å². The molecule has 1 heterocycles. The van der Waals surface area contributed by atoms with Crippen LogP contribution in [0.5, 0.6) is 0 Å². The number of rotatable bonds is 4. The van der Waals surface area contributed by atoms with Crippen LogP contribution in [0.15, 0.2) is 35.1 Å². The average molecular weight is 260 g/mol. The molecule has 0 aliphatic heterocycles. The molecule has 0 aliphatic carbocycles. The van der Waals surface area contributed by atoms with Gasteiger partial charge in [0.2, 0.25) is 0 Å². The highest BCUT2D eigenvalue weighted by Crippen LogP contribution is 2.09. The molecule has 0 fully saturated rings. The number of nitrogens with zero attached hydrogens (tertiary/aromatic N) is 1. The Balaban J connectivity index is 2.33. The molecule has 2 rings (SSSR count). The van der Waals surface area contributed by atoms with E-state index in [1.807, 2.05) is 0 Å². The lowest BCUT2D eigenvalue weighted by molar-refractivity contribution is 0.0697. The number of hydrogen-bond donors (Lipinski definition) is 2. The van der Waals surface area contributed by atoms with Gasteiger partial charge in [-0.3, -0.25) is 9.89 Å². The third-order valence-corrected chi connectivity index (χ3v) is 2.77. The number of benzene rings is 1. The SMILES string of the molecule is CC(C)Cc1cc(=O)n(-c2ccc(C(=O)O)cc2)[nH]1. The van der Waals surface area contributed by atoms with Crippen molar-refractivity contribution >= 4 is 5.97 Å². The van der Waals surface area contributed by atoms with Gasteiger partial charge >= 0.3 is 5.97 Å². The first-order chi connectivity index (χ1) is 8.97. The van der Waals surface area contributed by atoms with Crippen LogP contribution in [0.4, 0.5) is 0 Å². The van der Waals surface area contributed by atoms with E-state index in [1.54, 1.807) is 18.2 Å². The fraction of sp³-hybridized carbons (Fsp3) is 0.286. The van der Waals surface area contributed by atoms with Crippen molar-refractivity contribution in [2.75, 3.05) is 0 Å². The molecule has 0 saturated heterocycles. The predicted molar refractivity (Wildman–Crippen MR) is 71.9 cm³/mol. The Kier molecular flexibility index (Phi) is 3.55. The van der Waals surface area contributed by atoms with E-state index in [2.05, 4.69) is 18.9 Å². The minimum atomic E-state index is -0.981. The second-order valence-corrected chi connectivity index (χ2v) is 4.91. The number of aromatic nitrogens is 2. The van der Waals surface area contributed by atoms with E-state index in [1.165, 1.54) is 16.8 Å². The zero-order valence-corrected chi connectivity index (χ0v) is 10.9. The summed E-state index contributed by atoms with van der Waals surface area (Å²) in [6.45, 7) is 4.16. The first kappa shape index (κ1) is 13.1. The summed E-state index contributed by atoms with van der Waals surface area (Å²) in [5.41, 5.74) is 1.57. The molecular weight excluding hydrogens is 244 g/mol. The fourth-order valence-corrected chi connectivity index (χ4v) is 1.93. The van der Waals surface area contributed by atoms with Crippen LogP contribution in [0, 0.1) is 5.92 Å². The van der Waals surface area contributed by atoms with Gasteiger partial charge in [0.25, 0.3) is 5.56 Å². The molecule has 0 spiro atoms. The third-order valence-electron chi connectivity index (χ3n) is 2.77. The molecule has 0 atom stereocenters. The Bertz CT molecular complexity index is 635. The van der Waals surface area contributed by atoms with Crippen LogP contribution in [-0.4, -0.2) is 20.9 Å². The Morgan fingerprint density at radius 2 is 1.95 bits per heavy atom. The molecule has 100 valence electrons. The van der Waals surface area contributed by atoms with Gasteiger partial charge in [-0.1, -0.05) is 13.8 Å². The Morgan fingerprint density at radius 3 is 2.47 bits per heavy atom. The van der Waals surface area contributed by atoms with Crippen LogP contribution in [0.2, 0.25) is 0 Å². The number of hydrogen-bond acceptors (Lipinski definition) is 2. The first-order valence-corrected chi connectivity index (χ1v) is 6.12. The number of aromatic carboxylic acids is 1. The smallest absolute Gasteiger partial charge is 0.335 e. The number of carbonyl (C=O) groups is 1. The molecule has 1 aromatic carbocycles. The lowest BCUT2D eigenvalue weighted by atomic mass is 10.1. The van der Waals surface area contributed by atoms with Gasteiger partial charge in [0.05, 0.1) is 11.3 Å². The van der Waals surface area contributed by atoms with Gasteiger partial charge in [0.15, 0.2) is 0 Å². The molecule has 5 heteroatoms. The second-order valence-electron chi connectivity index (χ2n) is 4.91. The number of aromatic amines is 1. The Morgan fingerprint density at radius 1 is 1.32 bits per heavy atom. The van der Waals surface area contributed by atoms with Crippen molar-refractivity contribution in [3.05, 3.63) is 51.9 Å². The Hall–Kier alpha value is -2.30. The average Bonchev–Trinajstić information content (AvgIpc) is 2.69. The maximum Gasteiger partial charge on any atom is 0.335 e. The standard InChI is InChI=1S/C14H16N2O3/c1-9(2)7-11-8-13(17)16(15-11)12-5-3-10(4-6-12)14(18)19/h3-6,8-9,15H,7H2,1-2H3,(H,18,19). The molecule has 19 heavy (non-hydrogen) atoms. The molecule has 0 bridgehead atoms. The zero-order valence-electron chi connectivity index (χ0n) is 10.9. The zero-order chi connectivity index (χ0) is 14.0. The summed E-state index contributed by atoms with van der Waals surface area (Å²) in [5.74, 6) is -0.522. The summed E-state index contributed by atoms with van der Waals surface area (Å²) in [5, 5.41) is 11.9. The maximum absolute atomic E-state index is 11.9. The van der Waals surface area contributed by atoms with Gasteiger partial charge in [-0.25, -0.2) is 9.48 Å². The number of carboxylic acid groups (broad SMARTS) is 1. The highest BCUT2D eigenvalue weighted by atomic mass is 16.4. The lowest BCUT2D eigenvalue weighted by Crippen LogP contribution is -2.13. The van der Waals surface area contributed by atoms with Gasteiger partial charge < -0.3 is 5.11 Å². The molecule has 2 N–H and O–H groups in total. The van der Waals surface area contributed by atoms with Gasteiger partial charge in [0.1, 0.15) is 0 Å². The molecule has 2 aromatic rings. The molecule has 5 nitrogen and oxygen atoms in total. The topological polar surface area (TPSA) is 75.1 Å². The summed E-state index contributed by atoms with van der Waals surface area (Å²) in [6, 6.07) is 7.76. The minimum absolute atomic E-state index is 0.140. The van der Waals surface area contributed by atoms with Crippen molar-refractivity contribution in [2.24, 2.45) is 5.92 Å².